The van der Waals surface area contributed by atoms with Crippen molar-refractivity contribution in [3.05, 3.63) is 30.2 Å². The molecule has 0 N–H and O–H groups in total. The first kappa shape index (κ1) is 11.8. The number of hydrogen-bond donors (Lipinski definition) is 0. The van der Waals surface area contributed by atoms with E-state index < -0.39 is 6.61 Å². The predicted molar refractivity (Wildman–Crippen MR) is 55.9 cm³/mol. The van der Waals surface area contributed by atoms with E-state index in [0.717, 1.165) is 0 Å². The molecule has 0 fully saturated rings. The van der Waals surface area contributed by atoms with Crippen LogP contribution in [-0.2, 0) is 5.88 Å². The molecule has 0 unspecified atom stereocenters. The van der Waals surface area contributed by atoms with Crippen LogP contribution in [0, 0.1) is 0 Å². The van der Waals surface area contributed by atoms with E-state index >= 15 is 0 Å². The summed E-state index contributed by atoms with van der Waals surface area (Å²) in [5.41, 5.74) is 0.327. The highest BCUT2D eigenvalue weighted by atomic mass is 35.5. The van der Waals surface area contributed by atoms with Gasteiger partial charge in [-0.2, -0.15) is 13.8 Å². The van der Waals surface area contributed by atoms with Gasteiger partial charge in [0, 0.05) is 0 Å². The molecule has 0 saturated carbocycles. The van der Waals surface area contributed by atoms with Gasteiger partial charge in [-0.1, -0.05) is 17.3 Å². The predicted octanol–water partition coefficient (Wildman–Crippen LogP) is 3.08. The van der Waals surface area contributed by atoms with Crippen molar-refractivity contribution >= 4 is 11.6 Å². The first-order chi connectivity index (χ1) is 8.20. The average Bonchev–Trinajstić information content (AvgIpc) is 2.77. The van der Waals surface area contributed by atoms with Crippen molar-refractivity contribution in [2.45, 2.75) is 12.5 Å². The number of halogens is 3. The topological polar surface area (TPSA) is 48.2 Å². The first-order valence-corrected chi connectivity index (χ1v) is 5.17. The Kier molecular flexibility index (Phi) is 3.53. The summed E-state index contributed by atoms with van der Waals surface area (Å²) in [6.07, 6.45) is 0. The van der Waals surface area contributed by atoms with Crippen molar-refractivity contribution < 1.29 is 18.0 Å². The summed E-state index contributed by atoms with van der Waals surface area (Å²) in [5, 5.41) is 3.63. The van der Waals surface area contributed by atoms with Crippen LogP contribution in [0.5, 0.6) is 5.75 Å². The fraction of sp³-hybridized carbons (Fsp3) is 0.200. The third-order valence-electron chi connectivity index (χ3n) is 1.93. The van der Waals surface area contributed by atoms with Crippen molar-refractivity contribution in [1.82, 2.24) is 10.1 Å². The second-order valence-electron chi connectivity index (χ2n) is 3.02. The van der Waals surface area contributed by atoms with Crippen molar-refractivity contribution in [3.8, 4) is 17.1 Å². The minimum absolute atomic E-state index is 0.00979. The van der Waals surface area contributed by atoms with Crippen LogP contribution in [0.4, 0.5) is 8.78 Å². The van der Waals surface area contributed by atoms with Crippen LogP contribution in [0.3, 0.4) is 0 Å². The largest absolute Gasteiger partial charge is 0.434 e. The molecule has 7 heteroatoms. The van der Waals surface area contributed by atoms with Crippen molar-refractivity contribution in [1.29, 1.82) is 0 Å². The van der Waals surface area contributed by atoms with Gasteiger partial charge in [-0.15, -0.1) is 11.6 Å². The minimum Gasteiger partial charge on any atom is -0.434 e. The molecule has 0 aliphatic carbocycles. The molecule has 90 valence electrons. The highest BCUT2D eigenvalue weighted by molar-refractivity contribution is 6.16. The zero-order valence-corrected chi connectivity index (χ0v) is 9.19. The molecule has 0 radical (unpaired) electrons. The summed E-state index contributed by atoms with van der Waals surface area (Å²) >= 11 is 5.50. The molecule has 0 spiro atoms. The maximum Gasteiger partial charge on any atom is 0.387 e. The van der Waals surface area contributed by atoms with Gasteiger partial charge in [0.2, 0.25) is 11.7 Å². The number of ether oxygens (including phenoxy) is 1. The van der Waals surface area contributed by atoms with Crippen LogP contribution in [0.1, 0.15) is 5.89 Å². The van der Waals surface area contributed by atoms with Gasteiger partial charge >= 0.3 is 6.61 Å². The Bertz CT molecular complexity index is 505. The second kappa shape index (κ2) is 5.09. The standard InChI is InChI=1S/C10H7ClF2N2O2/c11-5-8-14-9(15-17-8)6-3-1-2-4-7(6)16-10(12)13/h1-4,10H,5H2. The maximum absolute atomic E-state index is 12.2. The van der Waals surface area contributed by atoms with Gasteiger partial charge < -0.3 is 9.26 Å². The van der Waals surface area contributed by atoms with Gasteiger partial charge in [-0.3, -0.25) is 0 Å². The third kappa shape index (κ3) is 2.71. The van der Waals surface area contributed by atoms with Gasteiger partial charge in [0.1, 0.15) is 11.6 Å². The first-order valence-electron chi connectivity index (χ1n) is 4.63. The molecule has 1 aromatic carbocycles. The summed E-state index contributed by atoms with van der Waals surface area (Å²) in [5.74, 6) is 0.431. The number of para-hydroxylation sites is 1. The fourth-order valence-electron chi connectivity index (χ4n) is 1.27. The van der Waals surface area contributed by atoms with Crippen molar-refractivity contribution in [3.63, 3.8) is 0 Å². The lowest BCUT2D eigenvalue weighted by Gasteiger charge is -2.07. The van der Waals surface area contributed by atoms with Crippen LogP contribution >= 0.6 is 11.6 Å². The highest BCUT2D eigenvalue weighted by Crippen LogP contribution is 2.28. The number of rotatable bonds is 4. The van der Waals surface area contributed by atoms with E-state index in [4.69, 9.17) is 16.1 Å². The van der Waals surface area contributed by atoms with Gasteiger partial charge in [0.25, 0.3) is 0 Å². The summed E-state index contributed by atoms with van der Waals surface area (Å²) in [7, 11) is 0. The Morgan fingerprint density at radius 2 is 2.12 bits per heavy atom. The summed E-state index contributed by atoms with van der Waals surface area (Å²) < 4.78 is 33.5. The molecule has 2 rings (SSSR count). The van der Waals surface area contributed by atoms with E-state index in [1.54, 1.807) is 18.2 Å². The Hall–Kier alpha value is -1.69. The maximum atomic E-state index is 12.2. The Balaban J connectivity index is 2.36. The average molecular weight is 261 g/mol. The number of hydrogen-bond acceptors (Lipinski definition) is 4. The third-order valence-corrected chi connectivity index (χ3v) is 2.16. The van der Waals surface area contributed by atoms with Crippen LogP contribution in [0.15, 0.2) is 28.8 Å². The number of aromatic nitrogens is 2. The molecule has 0 saturated heterocycles. The van der Waals surface area contributed by atoms with Gasteiger partial charge in [-0.25, -0.2) is 0 Å². The SMILES string of the molecule is FC(F)Oc1ccccc1-c1noc(CCl)n1. The Morgan fingerprint density at radius 1 is 1.35 bits per heavy atom. The smallest absolute Gasteiger partial charge is 0.387 e. The van der Waals surface area contributed by atoms with Gasteiger partial charge in [0.15, 0.2) is 0 Å². The van der Waals surface area contributed by atoms with E-state index in [9.17, 15) is 8.78 Å². The van der Waals surface area contributed by atoms with Crippen LogP contribution in [0.25, 0.3) is 11.4 Å². The quantitative estimate of drug-likeness (QED) is 0.793. The second-order valence-corrected chi connectivity index (χ2v) is 3.29. The number of nitrogens with zero attached hydrogens (tertiary/aromatic N) is 2. The summed E-state index contributed by atoms with van der Waals surface area (Å²) in [4.78, 5) is 3.93. The molecule has 0 aliphatic rings. The lowest BCUT2D eigenvalue weighted by Crippen LogP contribution is -2.03. The molecule has 2 aromatic rings. The molecule has 0 amide bonds. The molecule has 0 atom stereocenters. The summed E-state index contributed by atoms with van der Waals surface area (Å²) in [6.45, 7) is -2.91. The molecule has 1 heterocycles. The molecule has 0 aliphatic heterocycles. The summed E-state index contributed by atoms with van der Waals surface area (Å²) in [6, 6.07) is 6.19. The Morgan fingerprint density at radius 3 is 2.76 bits per heavy atom. The zero-order chi connectivity index (χ0) is 12.3. The minimum atomic E-state index is -2.91. The fourth-order valence-corrected chi connectivity index (χ4v) is 1.38. The highest BCUT2D eigenvalue weighted by Gasteiger charge is 2.15. The molecular weight excluding hydrogens is 254 g/mol. The van der Waals surface area contributed by atoms with Crippen molar-refractivity contribution in [2.75, 3.05) is 0 Å². The molecule has 1 aromatic heterocycles. The molecule has 17 heavy (non-hydrogen) atoms. The zero-order valence-electron chi connectivity index (χ0n) is 8.44. The normalized spacial score (nSPS) is 10.8. The van der Waals surface area contributed by atoms with E-state index in [1.807, 2.05) is 0 Å². The van der Waals surface area contributed by atoms with Gasteiger partial charge in [0.05, 0.1) is 5.56 Å². The van der Waals surface area contributed by atoms with E-state index in [2.05, 4.69) is 14.9 Å². The number of benzene rings is 1. The lowest BCUT2D eigenvalue weighted by molar-refractivity contribution is -0.0494. The Labute approximate surface area is 100 Å². The van der Waals surface area contributed by atoms with Crippen molar-refractivity contribution in [2.24, 2.45) is 0 Å². The van der Waals surface area contributed by atoms with Crippen LogP contribution in [-0.4, -0.2) is 16.8 Å². The van der Waals surface area contributed by atoms with E-state index in [0.29, 0.717) is 5.56 Å². The lowest BCUT2D eigenvalue weighted by atomic mass is 10.2. The van der Waals surface area contributed by atoms with E-state index in [-0.39, 0.29) is 23.3 Å². The monoisotopic (exact) mass is 260 g/mol. The molecule has 4 nitrogen and oxygen atoms in total. The van der Waals surface area contributed by atoms with Gasteiger partial charge in [-0.05, 0) is 12.1 Å². The molecule has 0 bridgehead atoms. The van der Waals surface area contributed by atoms with Crippen LogP contribution in [0.2, 0.25) is 0 Å². The van der Waals surface area contributed by atoms with Crippen LogP contribution < -0.4 is 4.74 Å². The van der Waals surface area contributed by atoms with E-state index in [1.165, 1.54) is 6.07 Å². The number of alkyl halides is 3. The molecular formula is C10H7ClF2N2O2.